The van der Waals surface area contributed by atoms with Crippen LogP contribution in [0.5, 0.6) is 0 Å². The van der Waals surface area contributed by atoms with Crippen molar-refractivity contribution in [2.75, 3.05) is 13.1 Å². The van der Waals surface area contributed by atoms with E-state index in [1.807, 2.05) is 19.1 Å². The summed E-state index contributed by atoms with van der Waals surface area (Å²) in [4.78, 5) is 32.9. The van der Waals surface area contributed by atoms with Gasteiger partial charge >= 0.3 is 0 Å². The molecule has 1 aliphatic rings. The highest BCUT2D eigenvalue weighted by Crippen LogP contribution is 2.35. The molecule has 0 atom stereocenters. The van der Waals surface area contributed by atoms with Crippen molar-refractivity contribution < 1.29 is 14.0 Å². The third kappa shape index (κ3) is 3.99. The fourth-order valence-corrected chi connectivity index (χ4v) is 5.24. The highest BCUT2D eigenvalue weighted by Gasteiger charge is 2.27. The number of carbonyl (C=O) groups is 2. The van der Waals surface area contributed by atoms with Gasteiger partial charge in [0.25, 0.3) is 11.8 Å². The predicted molar refractivity (Wildman–Crippen MR) is 110 cm³/mol. The smallest absolute Gasteiger partial charge is 0.289 e. The average molecular weight is 436 g/mol. The summed E-state index contributed by atoms with van der Waals surface area (Å²) in [6, 6.07) is 7.15. The number of thiazole rings is 1. The fraction of sp³-hybridized carbons (Fsp3) is 0.316. The van der Waals surface area contributed by atoms with Gasteiger partial charge < -0.3 is 14.6 Å². The van der Waals surface area contributed by atoms with Crippen LogP contribution in [0, 0.1) is 6.92 Å². The third-order valence-corrected chi connectivity index (χ3v) is 7.19. The second-order valence-electron chi connectivity index (χ2n) is 6.55. The molecule has 1 saturated heterocycles. The molecule has 146 valence electrons. The average Bonchev–Trinajstić information content (AvgIpc) is 3.42. The molecule has 0 aromatic carbocycles. The fourth-order valence-electron chi connectivity index (χ4n) is 3.18. The van der Waals surface area contributed by atoms with E-state index in [-0.39, 0.29) is 17.9 Å². The van der Waals surface area contributed by atoms with Gasteiger partial charge in [-0.15, -0.1) is 22.7 Å². The maximum Gasteiger partial charge on any atom is 0.289 e. The molecule has 3 aromatic rings. The van der Waals surface area contributed by atoms with Crippen molar-refractivity contribution in [1.82, 2.24) is 15.2 Å². The summed E-state index contributed by atoms with van der Waals surface area (Å²) in [7, 11) is 0. The van der Waals surface area contributed by atoms with E-state index in [0.717, 1.165) is 9.88 Å². The van der Waals surface area contributed by atoms with Crippen LogP contribution in [-0.2, 0) is 0 Å². The van der Waals surface area contributed by atoms with Gasteiger partial charge in [-0.2, -0.15) is 0 Å². The van der Waals surface area contributed by atoms with Gasteiger partial charge in [0.15, 0.2) is 5.76 Å². The molecule has 0 spiro atoms. The van der Waals surface area contributed by atoms with Crippen LogP contribution in [0.4, 0.5) is 0 Å². The van der Waals surface area contributed by atoms with Gasteiger partial charge in [-0.05, 0) is 44.0 Å². The number of rotatable bonds is 4. The van der Waals surface area contributed by atoms with E-state index in [1.54, 1.807) is 17.0 Å². The molecule has 1 fully saturated rings. The first kappa shape index (κ1) is 19.2. The van der Waals surface area contributed by atoms with Gasteiger partial charge in [-0.3, -0.25) is 9.59 Å². The molecule has 6 nitrogen and oxygen atoms in total. The van der Waals surface area contributed by atoms with E-state index in [2.05, 4.69) is 10.3 Å². The largest absolute Gasteiger partial charge is 0.459 e. The first-order valence-electron chi connectivity index (χ1n) is 8.88. The Kier molecular flexibility index (Phi) is 5.52. The number of likely N-dealkylation sites (tertiary alicyclic amines) is 1. The Morgan fingerprint density at radius 3 is 2.68 bits per heavy atom. The summed E-state index contributed by atoms with van der Waals surface area (Å²) in [5.74, 6) is 0.135. The number of amides is 2. The molecule has 0 bridgehead atoms. The first-order chi connectivity index (χ1) is 13.5. The summed E-state index contributed by atoms with van der Waals surface area (Å²) >= 11 is 8.82. The molecule has 0 radical (unpaired) electrons. The zero-order chi connectivity index (χ0) is 19.7. The molecule has 0 saturated carbocycles. The number of hydrogen-bond acceptors (Lipinski definition) is 6. The maximum absolute atomic E-state index is 12.7. The lowest BCUT2D eigenvalue weighted by atomic mass is 10.0. The Morgan fingerprint density at radius 2 is 2.04 bits per heavy atom. The molecule has 4 heterocycles. The number of aromatic nitrogens is 1. The molecule has 2 amide bonds. The third-order valence-electron chi connectivity index (χ3n) is 4.64. The number of piperidine rings is 1. The number of furan rings is 1. The lowest BCUT2D eigenvalue weighted by molar-refractivity contribution is 0.0667. The highest BCUT2D eigenvalue weighted by molar-refractivity contribution is 7.24. The van der Waals surface area contributed by atoms with Crippen molar-refractivity contribution in [3.63, 3.8) is 0 Å². The topological polar surface area (TPSA) is 75.4 Å². The van der Waals surface area contributed by atoms with E-state index in [1.165, 1.54) is 28.9 Å². The Morgan fingerprint density at radius 1 is 1.25 bits per heavy atom. The van der Waals surface area contributed by atoms with Gasteiger partial charge in [0, 0.05) is 19.1 Å². The molecule has 9 heteroatoms. The highest BCUT2D eigenvalue weighted by atomic mass is 35.5. The SMILES string of the molecule is Cc1nc(-c2ccc(Cl)s2)sc1C(=O)NC1CCN(C(=O)c2ccco2)CC1. The van der Waals surface area contributed by atoms with Crippen molar-refractivity contribution in [3.8, 4) is 9.88 Å². The molecular formula is C19H18ClN3O3S2. The second kappa shape index (κ2) is 8.06. The molecule has 3 aromatic heterocycles. The normalized spacial score (nSPS) is 15.0. The summed E-state index contributed by atoms with van der Waals surface area (Å²) in [5.41, 5.74) is 0.715. The molecule has 28 heavy (non-hydrogen) atoms. The summed E-state index contributed by atoms with van der Waals surface area (Å²) in [6.45, 7) is 3.02. The number of hydrogen-bond donors (Lipinski definition) is 1. The molecule has 4 rings (SSSR count). The number of carbonyl (C=O) groups excluding carboxylic acids is 2. The zero-order valence-electron chi connectivity index (χ0n) is 15.1. The van der Waals surface area contributed by atoms with Gasteiger partial charge in [0.05, 0.1) is 21.2 Å². The zero-order valence-corrected chi connectivity index (χ0v) is 17.5. The standard InChI is InChI=1S/C19H18ClN3O3S2/c1-11-16(28-18(21-11)14-4-5-15(20)27-14)17(24)22-12-6-8-23(9-7-12)19(25)13-3-2-10-26-13/h2-5,10,12H,6-9H2,1H3,(H,22,24). The summed E-state index contributed by atoms with van der Waals surface area (Å²) < 4.78 is 5.88. The predicted octanol–water partition coefficient (Wildman–Crippen LogP) is 4.46. The van der Waals surface area contributed by atoms with Gasteiger partial charge in [0.1, 0.15) is 9.88 Å². The Balaban J connectivity index is 1.36. The van der Waals surface area contributed by atoms with Crippen LogP contribution >= 0.6 is 34.3 Å². The molecular weight excluding hydrogens is 418 g/mol. The Labute approximate surface area is 175 Å². The van der Waals surface area contributed by atoms with Crippen molar-refractivity contribution in [3.05, 3.63) is 51.2 Å². The van der Waals surface area contributed by atoms with Gasteiger partial charge in [0.2, 0.25) is 0 Å². The van der Waals surface area contributed by atoms with Crippen molar-refractivity contribution >= 4 is 46.1 Å². The number of thiophene rings is 1. The van der Waals surface area contributed by atoms with E-state index in [9.17, 15) is 9.59 Å². The monoisotopic (exact) mass is 435 g/mol. The van der Waals surface area contributed by atoms with Crippen LogP contribution in [0.2, 0.25) is 4.34 Å². The number of nitrogens with zero attached hydrogens (tertiary/aromatic N) is 2. The Bertz CT molecular complexity index is 988. The van der Waals surface area contributed by atoms with E-state index >= 15 is 0 Å². The second-order valence-corrected chi connectivity index (χ2v) is 9.27. The molecule has 1 N–H and O–H groups in total. The number of nitrogens with one attached hydrogen (secondary N) is 1. The Hall–Kier alpha value is -2.16. The molecule has 0 unspecified atom stereocenters. The summed E-state index contributed by atoms with van der Waals surface area (Å²) in [6.07, 6.45) is 2.92. The minimum Gasteiger partial charge on any atom is -0.459 e. The minimum absolute atomic E-state index is 0.0364. The molecule has 1 aliphatic heterocycles. The summed E-state index contributed by atoms with van der Waals surface area (Å²) in [5, 5.41) is 3.89. The van der Waals surface area contributed by atoms with Crippen molar-refractivity contribution in [1.29, 1.82) is 0 Å². The maximum atomic E-state index is 12.7. The van der Waals surface area contributed by atoms with Crippen LogP contribution in [0.15, 0.2) is 34.9 Å². The van der Waals surface area contributed by atoms with Crippen LogP contribution < -0.4 is 5.32 Å². The van der Waals surface area contributed by atoms with Crippen LogP contribution in [-0.4, -0.2) is 40.8 Å². The van der Waals surface area contributed by atoms with Gasteiger partial charge in [-0.1, -0.05) is 11.6 Å². The van der Waals surface area contributed by atoms with Crippen molar-refractivity contribution in [2.45, 2.75) is 25.8 Å². The van der Waals surface area contributed by atoms with Crippen LogP contribution in [0.25, 0.3) is 9.88 Å². The molecule has 0 aliphatic carbocycles. The first-order valence-corrected chi connectivity index (χ1v) is 10.9. The van der Waals surface area contributed by atoms with Crippen LogP contribution in [0.3, 0.4) is 0 Å². The van der Waals surface area contributed by atoms with E-state index in [0.29, 0.717) is 46.6 Å². The lowest BCUT2D eigenvalue weighted by Crippen LogP contribution is -2.46. The number of aryl methyl sites for hydroxylation is 1. The quantitative estimate of drug-likeness (QED) is 0.656. The van der Waals surface area contributed by atoms with Gasteiger partial charge in [-0.25, -0.2) is 4.98 Å². The number of halogens is 1. The van der Waals surface area contributed by atoms with Crippen molar-refractivity contribution in [2.24, 2.45) is 0 Å². The minimum atomic E-state index is -0.111. The van der Waals surface area contributed by atoms with E-state index in [4.69, 9.17) is 16.0 Å². The van der Waals surface area contributed by atoms with Crippen LogP contribution in [0.1, 0.15) is 38.8 Å². The van der Waals surface area contributed by atoms with E-state index < -0.39 is 0 Å². The lowest BCUT2D eigenvalue weighted by Gasteiger charge is -2.31.